The molecule has 8 heteroatoms. The number of halogens is 3. The van der Waals surface area contributed by atoms with Crippen LogP contribution in [0.5, 0.6) is 0 Å². The number of anilines is 2. The highest BCUT2D eigenvalue weighted by Crippen LogP contribution is 2.26. The summed E-state index contributed by atoms with van der Waals surface area (Å²) in [5.41, 5.74) is 1.96. The molecule has 0 fully saturated rings. The molecule has 1 aromatic carbocycles. The number of hydrazine groups is 1. The number of carbonyl (C=O) groups is 1. The van der Waals surface area contributed by atoms with Crippen LogP contribution >= 0.6 is 11.6 Å². The lowest BCUT2D eigenvalue weighted by atomic mass is 10.2. The first kappa shape index (κ1) is 14.2. The van der Waals surface area contributed by atoms with Crippen LogP contribution in [0, 0.1) is 11.6 Å². The summed E-state index contributed by atoms with van der Waals surface area (Å²) in [6, 6.07) is 6.01. The fourth-order valence-corrected chi connectivity index (χ4v) is 1.72. The molecule has 1 amide bonds. The van der Waals surface area contributed by atoms with E-state index in [1.165, 1.54) is 6.07 Å². The largest absolute Gasteiger partial charge is 0.317 e. The predicted octanol–water partition coefficient (Wildman–Crippen LogP) is 2.55. The van der Waals surface area contributed by atoms with Crippen molar-refractivity contribution in [3.63, 3.8) is 0 Å². The molecular formula is C12H9ClF2N4O. The van der Waals surface area contributed by atoms with Gasteiger partial charge in [-0.1, -0.05) is 17.7 Å². The fourth-order valence-electron chi connectivity index (χ4n) is 1.48. The SMILES string of the molecule is NNc1cccc(C(=O)Nc2c(F)cc(F)cc2Cl)n1. The summed E-state index contributed by atoms with van der Waals surface area (Å²) in [5.74, 6) is 2.93. The second kappa shape index (κ2) is 5.81. The van der Waals surface area contributed by atoms with E-state index in [9.17, 15) is 13.6 Å². The van der Waals surface area contributed by atoms with E-state index in [-0.39, 0.29) is 22.2 Å². The van der Waals surface area contributed by atoms with Crippen molar-refractivity contribution in [1.82, 2.24) is 4.98 Å². The minimum Gasteiger partial charge on any atom is -0.317 e. The first-order chi connectivity index (χ1) is 9.51. The Hall–Kier alpha value is -2.25. The van der Waals surface area contributed by atoms with Gasteiger partial charge < -0.3 is 10.7 Å². The number of carbonyl (C=O) groups excluding carboxylic acids is 1. The number of hydrogen-bond donors (Lipinski definition) is 3. The Morgan fingerprint density at radius 3 is 2.70 bits per heavy atom. The summed E-state index contributed by atoms with van der Waals surface area (Å²) in [5, 5.41) is 1.98. The van der Waals surface area contributed by atoms with Gasteiger partial charge in [-0.05, 0) is 18.2 Å². The van der Waals surface area contributed by atoms with Crippen molar-refractivity contribution in [2.75, 3.05) is 10.7 Å². The van der Waals surface area contributed by atoms with Gasteiger partial charge in [-0.2, -0.15) is 0 Å². The molecule has 1 aromatic heterocycles. The molecule has 0 aliphatic carbocycles. The van der Waals surface area contributed by atoms with Crippen LogP contribution in [-0.4, -0.2) is 10.9 Å². The summed E-state index contributed by atoms with van der Waals surface area (Å²) in [6.07, 6.45) is 0. The molecule has 104 valence electrons. The van der Waals surface area contributed by atoms with Crippen LogP contribution in [0.1, 0.15) is 10.5 Å². The average molecular weight is 299 g/mol. The zero-order valence-corrected chi connectivity index (χ0v) is 10.7. The van der Waals surface area contributed by atoms with Crippen LogP contribution in [0.25, 0.3) is 0 Å². The van der Waals surface area contributed by atoms with Gasteiger partial charge in [0.1, 0.15) is 17.3 Å². The number of aromatic nitrogens is 1. The molecule has 0 saturated heterocycles. The van der Waals surface area contributed by atoms with E-state index in [4.69, 9.17) is 17.4 Å². The molecule has 0 aliphatic heterocycles. The van der Waals surface area contributed by atoms with Crippen LogP contribution in [0.4, 0.5) is 20.3 Å². The van der Waals surface area contributed by atoms with Crippen molar-refractivity contribution in [3.05, 3.63) is 52.7 Å². The predicted molar refractivity (Wildman–Crippen MR) is 71.4 cm³/mol. The van der Waals surface area contributed by atoms with E-state index >= 15 is 0 Å². The topological polar surface area (TPSA) is 80.0 Å². The molecule has 0 bridgehead atoms. The standard InChI is InChI=1S/C12H9ClF2N4O/c13-7-4-6(14)5-8(15)11(7)18-12(20)9-2-1-3-10(17-9)19-16/h1-5H,16H2,(H,17,19)(H,18,20). The molecule has 0 spiro atoms. The van der Waals surface area contributed by atoms with Gasteiger partial charge in [0.25, 0.3) is 5.91 Å². The van der Waals surface area contributed by atoms with Crippen LogP contribution in [0.2, 0.25) is 5.02 Å². The number of benzene rings is 1. The van der Waals surface area contributed by atoms with Crippen molar-refractivity contribution in [1.29, 1.82) is 0 Å². The summed E-state index contributed by atoms with van der Waals surface area (Å²) in [4.78, 5) is 15.8. The van der Waals surface area contributed by atoms with Crippen molar-refractivity contribution in [2.45, 2.75) is 0 Å². The Morgan fingerprint density at radius 2 is 2.05 bits per heavy atom. The van der Waals surface area contributed by atoms with Crippen LogP contribution in [-0.2, 0) is 0 Å². The molecule has 2 rings (SSSR count). The first-order valence-corrected chi connectivity index (χ1v) is 5.78. The van der Waals surface area contributed by atoms with Gasteiger partial charge in [-0.3, -0.25) is 4.79 Å². The molecule has 5 nitrogen and oxygen atoms in total. The van der Waals surface area contributed by atoms with Crippen LogP contribution in [0.15, 0.2) is 30.3 Å². The highest BCUT2D eigenvalue weighted by Gasteiger charge is 2.15. The van der Waals surface area contributed by atoms with Gasteiger partial charge in [0, 0.05) is 6.07 Å². The number of rotatable bonds is 3. The Kier molecular flexibility index (Phi) is 4.11. The number of nitrogen functional groups attached to an aromatic ring is 1. The van der Waals surface area contributed by atoms with E-state index in [1.807, 2.05) is 0 Å². The Bertz CT molecular complexity index is 643. The van der Waals surface area contributed by atoms with Gasteiger partial charge in [-0.25, -0.2) is 19.6 Å². The number of pyridine rings is 1. The molecule has 20 heavy (non-hydrogen) atoms. The Balaban J connectivity index is 2.28. The van der Waals surface area contributed by atoms with Crippen LogP contribution in [0.3, 0.4) is 0 Å². The highest BCUT2D eigenvalue weighted by atomic mass is 35.5. The third-order valence-corrected chi connectivity index (χ3v) is 2.67. The van der Waals surface area contributed by atoms with E-state index in [2.05, 4.69) is 15.7 Å². The Labute approximate surface area is 117 Å². The zero-order chi connectivity index (χ0) is 14.7. The van der Waals surface area contributed by atoms with Crippen LogP contribution < -0.4 is 16.6 Å². The number of nitrogens with two attached hydrogens (primary N) is 1. The lowest BCUT2D eigenvalue weighted by Gasteiger charge is -2.09. The van der Waals surface area contributed by atoms with E-state index in [1.54, 1.807) is 12.1 Å². The van der Waals surface area contributed by atoms with E-state index in [0.717, 1.165) is 6.07 Å². The van der Waals surface area contributed by atoms with Crippen molar-refractivity contribution >= 4 is 29.0 Å². The highest BCUT2D eigenvalue weighted by molar-refractivity contribution is 6.33. The Morgan fingerprint density at radius 1 is 1.30 bits per heavy atom. The normalized spacial score (nSPS) is 10.2. The quantitative estimate of drug-likeness (QED) is 0.601. The number of nitrogens with one attached hydrogen (secondary N) is 2. The van der Waals surface area contributed by atoms with Crippen molar-refractivity contribution in [3.8, 4) is 0 Å². The molecule has 0 atom stereocenters. The number of hydrogen-bond acceptors (Lipinski definition) is 4. The van der Waals surface area contributed by atoms with E-state index < -0.39 is 17.5 Å². The molecule has 0 aliphatic rings. The summed E-state index contributed by atoms with van der Waals surface area (Å²) in [6.45, 7) is 0. The third kappa shape index (κ3) is 3.01. The summed E-state index contributed by atoms with van der Waals surface area (Å²) >= 11 is 5.68. The molecule has 0 radical (unpaired) electrons. The monoisotopic (exact) mass is 298 g/mol. The molecule has 0 saturated carbocycles. The lowest BCUT2D eigenvalue weighted by molar-refractivity contribution is 0.102. The number of nitrogens with zero attached hydrogens (tertiary/aromatic N) is 1. The second-order valence-electron chi connectivity index (χ2n) is 3.75. The molecule has 0 unspecified atom stereocenters. The van der Waals surface area contributed by atoms with E-state index in [0.29, 0.717) is 6.07 Å². The van der Waals surface area contributed by atoms with Gasteiger partial charge in [0.2, 0.25) is 0 Å². The minimum atomic E-state index is -0.976. The molecule has 2 aromatic rings. The summed E-state index contributed by atoms with van der Waals surface area (Å²) < 4.78 is 26.4. The van der Waals surface area contributed by atoms with Gasteiger partial charge in [0.15, 0.2) is 5.82 Å². The number of amides is 1. The maximum absolute atomic E-state index is 13.5. The molecule has 4 N–H and O–H groups in total. The second-order valence-corrected chi connectivity index (χ2v) is 4.16. The summed E-state index contributed by atoms with van der Waals surface area (Å²) in [7, 11) is 0. The van der Waals surface area contributed by atoms with Gasteiger partial charge >= 0.3 is 0 Å². The minimum absolute atomic E-state index is 0.000224. The fraction of sp³-hybridized carbons (Fsp3) is 0. The molecule has 1 heterocycles. The lowest BCUT2D eigenvalue weighted by Crippen LogP contribution is -2.17. The zero-order valence-electron chi connectivity index (χ0n) is 9.95. The van der Waals surface area contributed by atoms with Gasteiger partial charge in [-0.15, -0.1) is 0 Å². The first-order valence-electron chi connectivity index (χ1n) is 5.41. The molecular weight excluding hydrogens is 290 g/mol. The maximum Gasteiger partial charge on any atom is 0.274 e. The third-order valence-electron chi connectivity index (χ3n) is 2.38. The smallest absolute Gasteiger partial charge is 0.274 e. The maximum atomic E-state index is 13.5. The average Bonchev–Trinajstić information content (AvgIpc) is 2.42. The van der Waals surface area contributed by atoms with Crippen molar-refractivity contribution in [2.24, 2.45) is 5.84 Å². The van der Waals surface area contributed by atoms with Crippen molar-refractivity contribution < 1.29 is 13.6 Å². The van der Waals surface area contributed by atoms with Gasteiger partial charge in [0.05, 0.1) is 10.7 Å².